The lowest BCUT2D eigenvalue weighted by Gasteiger charge is -2.34. The van der Waals surface area contributed by atoms with E-state index < -0.39 is 56.0 Å². The molecule has 1 saturated heterocycles. The number of amides is 2. The van der Waals surface area contributed by atoms with Crippen LogP contribution < -0.4 is 9.46 Å². The van der Waals surface area contributed by atoms with Gasteiger partial charge in [0.25, 0.3) is 0 Å². The zero-order chi connectivity index (χ0) is 35.1. The molecule has 1 aromatic heterocycles. The molecule has 5 atom stereocenters. The number of aryl methyl sites for hydroxylation is 1. The van der Waals surface area contributed by atoms with Gasteiger partial charge in [-0.25, -0.2) is 18.4 Å². The van der Waals surface area contributed by atoms with E-state index in [1.807, 2.05) is 45.9 Å². The zero-order valence-corrected chi connectivity index (χ0v) is 29.7. The number of hydrogen-bond acceptors (Lipinski definition) is 10. The summed E-state index contributed by atoms with van der Waals surface area (Å²) in [5.41, 5.74) is 0.0250. The van der Waals surface area contributed by atoms with Crippen LogP contribution in [0.4, 0.5) is 0 Å². The van der Waals surface area contributed by atoms with Gasteiger partial charge in [-0.05, 0) is 74.0 Å². The first-order chi connectivity index (χ1) is 23.2. The van der Waals surface area contributed by atoms with E-state index in [4.69, 9.17) is 9.47 Å². The highest BCUT2D eigenvalue weighted by Crippen LogP contribution is 2.58. The molecular formula is C36H48N4O8S. The number of ether oxygens (including phenoxy) is 2. The molecule has 2 saturated carbocycles. The number of benzene rings is 1. The fourth-order valence-corrected chi connectivity index (χ4v) is 8.90. The van der Waals surface area contributed by atoms with Crippen molar-refractivity contribution >= 4 is 44.5 Å². The summed E-state index contributed by atoms with van der Waals surface area (Å²) < 4.78 is 39.7. The van der Waals surface area contributed by atoms with E-state index >= 15 is 0 Å². The van der Waals surface area contributed by atoms with Crippen molar-refractivity contribution in [2.45, 2.75) is 116 Å². The average molecular weight is 697 g/mol. The Hall–Kier alpha value is -3.61. The maximum absolute atomic E-state index is 14.5. The number of sulfonamides is 1. The summed E-state index contributed by atoms with van der Waals surface area (Å²) >= 11 is 0. The summed E-state index contributed by atoms with van der Waals surface area (Å²) in [5, 5.41) is 0.170. The fraction of sp³-hybridized carbons (Fsp3) is 0.667. The van der Waals surface area contributed by atoms with Crippen LogP contribution in [-0.2, 0) is 40.4 Å². The molecule has 12 nitrogen and oxygen atoms in total. The highest BCUT2D eigenvalue weighted by Gasteiger charge is 2.61. The molecule has 1 aromatic carbocycles. The summed E-state index contributed by atoms with van der Waals surface area (Å²) in [6.45, 7) is 7.91. The van der Waals surface area contributed by atoms with E-state index in [0.29, 0.717) is 38.0 Å². The van der Waals surface area contributed by atoms with Crippen molar-refractivity contribution in [2.24, 2.45) is 22.7 Å². The second-order valence-electron chi connectivity index (χ2n) is 15.5. The smallest absolute Gasteiger partial charge is 0.306 e. The molecule has 2 aromatic rings. The Labute approximate surface area is 288 Å². The van der Waals surface area contributed by atoms with Gasteiger partial charge in [0.2, 0.25) is 27.7 Å². The van der Waals surface area contributed by atoms with Crippen molar-refractivity contribution in [2.75, 3.05) is 13.2 Å². The van der Waals surface area contributed by atoms with E-state index in [9.17, 15) is 27.6 Å². The Morgan fingerprint density at radius 2 is 1.88 bits per heavy atom. The number of Topliss-reactive ketones (excluding diaryl/α,β-unsaturated/α-hetero) is 1. The number of carbonyl (C=O) groups is 4. The van der Waals surface area contributed by atoms with Crippen LogP contribution in [0.2, 0.25) is 0 Å². The Morgan fingerprint density at radius 1 is 1.10 bits per heavy atom. The molecule has 3 fully saturated rings. The first-order valence-corrected chi connectivity index (χ1v) is 19.2. The second kappa shape index (κ2) is 13.6. The van der Waals surface area contributed by atoms with Gasteiger partial charge < -0.3 is 14.4 Å². The Balaban J connectivity index is 1.32. The number of carbonyl (C=O) groups excluding carboxylic acids is 4. The van der Waals surface area contributed by atoms with Gasteiger partial charge in [0.05, 0.1) is 53.1 Å². The number of esters is 1. The fourth-order valence-electron chi connectivity index (χ4n) is 7.51. The Kier molecular flexibility index (Phi) is 9.78. The van der Waals surface area contributed by atoms with Crippen LogP contribution in [0.3, 0.4) is 0 Å². The third kappa shape index (κ3) is 7.61. The van der Waals surface area contributed by atoms with Crippen molar-refractivity contribution < 1.29 is 37.1 Å². The maximum Gasteiger partial charge on any atom is 0.306 e. The Morgan fingerprint density at radius 3 is 2.57 bits per heavy atom. The third-order valence-corrected chi connectivity index (χ3v) is 12.6. The van der Waals surface area contributed by atoms with Crippen LogP contribution in [0.15, 0.2) is 24.5 Å². The van der Waals surface area contributed by atoms with Crippen LogP contribution in [0.5, 0.6) is 5.88 Å². The standard InChI is InChI=1S/C36H48N4O8S/c1-5-23-18-36(23,34(44)39-49(45,46)25-11-12-25)19-30(41)29-16-24-20-40(29)33(43)27(35(2,3)4)17-31(42)47-14-8-6-7-9-22-10-13-28-26(15-22)32(48-24)38-21-37-28/h10,13,15,21,23-25,27,29H,5-9,11-12,14,16-20H2,1-4H3,(H,39,44)/t23-,24+,27+,29-,36+/m0/s1. The van der Waals surface area contributed by atoms with Gasteiger partial charge in [0.15, 0.2) is 5.78 Å². The van der Waals surface area contributed by atoms with E-state index in [2.05, 4.69) is 14.7 Å². The minimum absolute atomic E-state index is 0.0779. The molecule has 6 rings (SSSR count). The zero-order valence-electron chi connectivity index (χ0n) is 28.9. The van der Waals surface area contributed by atoms with Crippen LogP contribution >= 0.6 is 0 Å². The number of cyclic esters (lactones) is 1. The minimum atomic E-state index is -3.80. The number of rotatable bonds is 7. The van der Waals surface area contributed by atoms with Gasteiger partial charge in [0.1, 0.15) is 12.4 Å². The molecular weight excluding hydrogens is 648 g/mol. The lowest BCUT2D eigenvalue weighted by atomic mass is 9.77. The molecule has 4 bridgehead atoms. The number of ketones is 1. The molecule has 266 valence electrons. The third-order valence-electron chi connectivity index (χ3n) is 10.8. The summed E-state index contributed by atoms with van der Waals surface area (Å²) in [4.78, 5) is 65.7. The summed E-state index contributed by atoms with van der Waals surface area (Å²) in [6, 6.07) is 5.03. The van der Waals surface area contributed by atoms with Gasteiger partial charge in [-0.1, -0.05) is 40.2 Å². The van der Waals surface area contributed by atoms with E-state index in [1.165, 1.54) is 11.2 Å². The molecule has 13 heteroatoms. The molecule has 3 heterocycles. The van der Waals surface area contributed by atoms with Crippen LogP contribution in [0.25, 0.3) is 10.9 Å². The van der Waals surface area contributed by atoms with Crippen LogP contribution in [0, 0.1) is 22.7 Å². The van der Waals surface area contributed by atoms with Crippen LogP contribution in [-0.4, -0.2) is 77.4 Å². The van der Waals surface area contributed by atoms with Crippen molar-refractivity contribution in [3.05, 3.63) is 30.1 Å². The summed E-state index contributed by atoms with van der Waals surface area (Å²) in [5.74, 6) is -2.35. The van der Waals surface area contributed by atoms with Gasteiger partial charge in [-0.15, -0.1) is 0 Å². The number of nitrogens with zero attached hydrogens (tertiary/aromatic N) is 3. The number of fused-ring (bicyclic) bond motifs is 3. The van der Waals surface area contributed by atoms with E-state index in [1.54, 1.807) is 0 Å². The predicted molar refractivity (Wildman–Crippen MR) is 181 cm³/mol. The molecule has 0 unspecified atom stereocenters. The topological polar surface area (TPSA) is 162 Å². The summed E-state index contributed by atoms with van der Waals surface area (Å²) in [7, 11) is -3.80. The normalized spacial score (nSPS) is 28.4. The monoisotopic (exact) mass is 696 g/mol. The largest absolute Gasteiger partial charge is 0.472 e. The van der Waals surface area contributed by atoms with Crippen molar-refractivity contribution in [3.63, 3.8) is 0 Å². The van der Waals surface area contributed by atoms with Crippen molar-refractivity contribution in [1.29, 1.82) is 0 Å². The lowest BCUT2D eigenvalue weighted by molar-refractivity contribution is -0.153. The van der Waals surface area contributed by atoms with E-state index in [-0.39, 0.29) is 50.0 Å². The first kappa shape index (κ1) is 35.2. The highest BCUT2D eigenvalue weighted by molar-refractivity contribution is 7.90. The molecule has 2 aliphatic carbocycles. The number of hydrogen-bond donors (Lipinski definition) is 1. The minimum Gasteiger partial charge on any atom is -0.472 e. The number of nitrogens with one attached hydrogen (secondary N) is 1. The van der Waals surface area contributed by atoms with E-state index in [0.717, 1.165) is 35.7 Å². The van der Waals surface area contributed by atoms with Crippen molar-refractivity contribution in [3.8, 4) is 5.88 Å². The second-order valence-corrected chi connectivity index (χ2v) is 17.4. The predicted octanol–water partition coefficient (Wildman–Crippen LogP) is 4.28. The molecule has 0 spiro atoms. The lowest BCUT2D eigenvalue weighted by Crippen LogP contribution is -2.48. The summed E-state index contributed by atoms with van der Waals surface area (Å²) in [6.07, 6.45) is 5.98. The molecule has 49 heavy (non-hydrogen) atoms. The molecule has 4 aliphatic rings. The van der Waals surface area contributed by atoms with Gasteiger partial charge in [-0.3, -0.25) is 23.9 Å². The van der Waals surface area contributed by atoms with Crippen molar-refractivity contribution in [1.82, 2.24) is 19.6 Å². The highest BCUT2D eigenvalue weighted by atomic mass is 32.2. The van der Waals surface area contributed by atoms with Crippen LogP contribution in [0.1, 0.15) is 97.5 Å². The molecule has 1 N–H and O–H groups in total. The first-order valence-electron chi connectivity index (χ1n) is 17.7. The Bertz CT molecular complexity index is 1740. The van der Waals surface area contributed by atoms with Gasteiger partial charge >= 0.3 is 5.97 Å². The quantitative estimate of drug-likeness (QED) is 0.414. The molecule has 2 amide bonds. The maximum atomic E-state index is 14.5. The number of aromatic nitrogens is 2. The molecule has 2 aliphatic heterocycles. The van der Waals surface area contributed by atoms with Gasteiger partial charge in [-0.2, -0.15) is 0 Å². The SMILES string of the molecule is CC[C@H]1C[C@]1(CC(=O)[C@@H]1C[C@@H]2CN1C(=O)[C@H](C(C)(C)C)CC(=O)OCCCCCc1ccc3ncnc(c3c1)O2)C(=O)NS(=O)(=O)C1CC1. The van der Waals surface area contributed by atoms with Gasteiger partial charge in [0, 0.05) is 12.8 Å². The molecule has 0 radical (unpaired) electrons. The average Bonchev–Trinajstić information content (AvgIpc) is 3.97.